The minimum Gasteiger partial charge on any atom is -0.383 e. The molecule has 0 saturated heterocycles. The minimum absolute atomic E-state index is 0.736. The molecule has 2 rings (SSSR count). The first-order chi connectivity index (χ1) is 9.38. The van der Waals surface area contributed by atoms with Gasteiger partial charge < -0.3 is 14.6 Å². The lowest BCUT2D eigenvalue weighted by atomic mass is 10.2. The van der Waals surface area contributed by atoms with Crippen molar-refractivity contribution in [3.63, 3.8) is 0 Å². The van der Waals surface area contributed by atoms with E-state index in [4.69, 9.17) is 9.26 Å². The van der Waals surface area contributed by atoms with Crippen molar-refractivity contribution < 1.29 is 9.26 Å². The van der Waals surface area contributed by atoms with E-state index in [0.717, 1.165) is 31.2 Å². The Morgan fingerprint density at radius 3 is 3.11 bits per heavy atom. The van der Waals surface area contributed by atoms with Crippen LogP contribution >= 0.6 is 11.8 Å². The highest BCUT2D eigenvalue weighted by Gasteiger charge is 2.01. The summed E-state index contributed by atoms with van der Waals surface area (Å²) in [7, 11) is 1.71. The van der Waals surface area contributed by atoms with Crippen molar-refractivity contribution in [2.75, 3.05) is 20.3 Å². The standard InChI is InChI=1S/C14H18N2O2S/c1-17-8-7-15-10-12-3-2-4-14(9-12)19-11-13-5-6-16-18-13/h2-6,9,15H,7-8,10-11H2,1H3. The monoisotopic (exact) mass is 278 g/mol. The number of aromatic nitrogens is 1. The summed E-state index contributed by atoms with van der Waals surface area (Å²) < 4.78 is 10.1. The second kappa shape index (κ2) is 7.99. The number of hydrogen-bond donors (Lipinski definition) is 1. The molecule has 1 aromatic heterocycles. The van der Waals surface area contributed by atoms with Crippen LogP contribution in [0.25, 0.3) is 0 Å². The zero-order valence-corrected chi connectivity index (χ0v) is 11.8. The Hall–Kier alpha value is -1.30. The van der Waals surface area contributed by atoms with Crippen molar-refractivity contribution in [2.24, 2.45) is 0 Å². The van der Waals surface area contributed by atoms with Gasteiger partial charge in [-0.1, -0.05) is 17.3 Å². The van der Waals surface area contributed by atoms with Crippen LogP contribution in [-0.2, 0) is 17.0 Å². The summed E-state index contributed by atoms with van der Waals surface area (Å²) in [5.41, 5.74) is 1.28. The summed E-state index contributed by atoms with van der Waals surface area (Å²) >= 11 is 1.75. The van der Waals surface area contributed by atoms with Crippen molar-refractivity contribution in [2.45, 2.75) is 17.2 Å². The van der Waals surface area contributed by atoms with E-state index in [2.05, 4.69) is 34.7 Å². The maximum atomic E-state index is 5.08. The van der Waals surface area contributed by atoms with Crippen molar-refractivity contribution in [3.8, 4) is 0 Å². The molecule has 1 heterocycles. The van der Waals surface area contributed by atoms with Crippen molar-refractivity contribution >= 4 is 11.8 Å². The number of rotatable bonds is 8. The van der Waals surface area contributed by atoms with Crippen molar-refractivity contribution in [3.05, 3.63) is 47.9 Å². The number of thioether (sulfide) groups is 1. The molecule has 0 saturated carbocycles. The SMILES string of the molecule is COCCNCc1cccc(SCc2ccno2)c1. The van der Waals surface area contributed by atoms with Gasteiger partial charge in [0.25, 0.3) is 0 Å². The molecule has 0 fully saturated rings. The Morgan fingerprint density at radius 1 is 1.37 bits per heavy atom. The van der Waals surface area contributed by atoms with Gasteiger partial charge >= 0.3 is 0 Å². The Balaban J connectivity index is 1.81. The third-order valence-electron chi connectivity index (χ3n) is 2.58. The molecular weight excluding hydrogens is 260 g/mol. The lowest BCUT2D eigenvalue weighted by molar-refractivity contribution is 0.199. The van der Waals surface area contributed by atoms with Gasteiger partial charge in [-0.2, -0.15) is 0 Å². The van der Waals surface area contributed by atoms with Crippen LogP contribution in [0.1, 0.15) is 11.3 Å². The van der Waals surface area contributed by atoms with Gasteiger partial charge in [0.15, 0.2) is 0 Å². The third-order valence-corrected chi connectivity index (χ3v) is 3.60. The average Bonchev–Trinajstić information content (AvgIpc) is 2.95. The van der Waals surface area contributed by atoms with Crippen LogP contribution in [0.3, 0.4) is 0 Å². The second-order valence-electron chi connectivity index (χ2n) is 4.08. The summed E-state index contributed by atoms with van der Waals surface area (Å²) in [5, 5.41) is 7.04. The van der Waals surface area contributed by atoms with Gasteiger partial charge in [0, 0.05) is 31.2 Å². The second-order valence-corrected chi connectivity index (χ2v) is 5.13. The van der Waals surface area contributed by atoms with Gasteiger partial charge in [-0.15, -0.1) is 11.8 Å². The molecule has 0 bridgehead atoms. The maximum Gasteiger partial charge on any atom is 0.146 e. The van der Waals surface area contributed by atoms with Crippen LogP contribution in [-0.4, -0.2) is 25.4 Å². The summed E-state index contributed by atoms with van der Waals surface area (Å²) in [6.07, 6.45) is 1.67. The zero-order chi connectivity index (χ0) is 13.3. The van der Waals surface area contributed by atoms with E-state index >= 15 is 0 Å². The fraction of sp³-hybridized carbons (Fsp3) is 0.357. The van der Waals surface area contributed by atoms with E-state index in [1.807, 2.05) is 6.07 Å². The smallest absolute Gasteiger partial charge is 0.146 e. The summed E-state index contributed by atoms with van der Waals surface area (Å²) in [5.74, 6) is 1.70. The predicted octanol–water partition coefficient (Wildman–Crippen LogP) is 2.70. The summed E-state index contributed by atoms with van der Waals surface area (Å²) in [6.45, 7) is 2.46. The third kappa shape index (κ3) is 5.06. The molecule has 0 unspecified atom stereocenters. The number of hydrogen-bond acceptors (Lipinski definition) is 5. The number of nitrogens with zero attached hydrogens (tertiary/aromatic N) is 1. The molecular formula is C14H18N2O2S. The first-order valence-electron chi connectivity index (χ1n) is 6.19. The van der Waals surface area contributed by atoms with Gasteiger partial charge in [-0.3, -0.25) is 0 Å². The van der Waals surface area contributed by atoms with Crippen LogP contribution in [0.4, 0.5) is 0 Å². The molecule has 0 atom stereocenters. The fourth-order valence-electron chi connectivity index (χ4n) is 1.62. The predicted molar refractivity (Wildman–Crippen MR) is 76.1 cm³/mol. The highest BCUT2D eigenvalue weighted by atomic mass is 32.2. The molecule has 1 N–H and O–H groups in total. The van der Waals surface area contributed by atoms with Gasteiger partial charge in [-0.05, 0) is 17.7 Å². The summed E-state index contributed by atoms with van der Waals surface area (Å²) in [6, 6.07) is 10.4. The van der Waals surface area contributed by atoms with E-state index in [1.165, 1.54) is 10.5 Å². The molecule has 0 radical (unpaired) electrons. The Labute approximate surface area is 117 Å². The largest absolute Gasteiger partial charge is 0.383 e. The number of ether oxygens (including phenoxy) is 1. The van der Waals surface area contributed by atoms with E-state index in [9.17, 15) is 0 Å². The van der Waals surface area contributed by atoms with Crippen LogP contribution in [0.2, 0.25) is 0 Å². The van der Waals surface area contributed by atoms with Gasteiger partial charge in [0.1, 0.15) is 5.76 Å². The lowest BCUT2D eigenvalue weighted by Crippen LogP contribution is -2.18. The fourth-order valence-corrected chi connectivity index (χ4v) is 2.49. The first kappa shape index (κ1) is 14.1. The zero-order valence-electron chi connectivity index (χ0n) is 11.0. The van der Waals surface area contributed by atoms with Crippen LogP contribution in [0, 0.1) is 0 Å². The molecule has 19 heavy (non-hydrogen) atoms. The van der Waals surface area contributed by atoms with Gasteiger partial charge in [-0.25, -0.2) is 0 Å². The molecule has 0 spiro atoms. The molecule has 0 aliphatic rings. The van der Waals surface area contributed by atoms with Crippen LogP contribution < -0.4 is 5.32 Å². The molecule has 2 aromatic rings. The van der Waals surface area contributed by atoms with Gasteiger partial charge in [0.2, 0.25) is 0 Å². The Morgan fingerprint density at radius 2 is 2.32 bits per heavy atom. The van der Waals surface area contributed by atoms with E-state index in [1.54, 1.807) is 25.1 Å². The van der Waals surface area contributed by atoms with E-state index in [-0.39, 0.29) is 0 Å². The van der Waals surface area contributed by atoms with Crippen LogP contribution in [0.5, 0.6) is 0 Å². The topological polar surface area (TPSA) is 47.3 Å². The molecule has 1 aromatic carbocycles. The average molecular weight is 278 g/mol. The molecule has 4 nitrogen and oxygen atoms in total. The Kier molecular flexibility index (Phi) is 5.94. The normalized spacial score (nSPS) is 10.8. The summed E-state index contributed by atoms with van der Waals surface area (Å²) in [4.78, 5) is 1.24. The Bertz CT molecular complexity index is 474. The van der Waals surface area contributed by atoms with Crippen LogP contribution in [0.15, 0.2) is 45.9 Å². The minimum atomic E-state index is 0.736. The number of benzene rings is 1. The molecule has 0 aliphatic heterocycles. The molecule has 102 valence electrons. The first-order valence-corrected chi connectivity index (χ1v) is 7.18. The van der Waals surface area contributed by atoms with E-state index < -0.39 is 0 Å². The molecule has 0 amide bonds. The highest BCUT2D eigenvalue weighted by molar-refractivity contribution is 7.98. The number of methoxy groups -OCH3 is 1. The van der Waals surface area contributed by atoms with Gasteiger partial charge in [0.05, 0.1) is 18.6 Å². The highest BCUT2D eigenvalue weighted by Crippen LogP contribution is 2.23. The van der Waals surface area contributed by atoms with Crippen molar-refractivity contribution in [1.82, 2.24) is 10.5 Å². The lowest BCUT2D eigenvalue weighted by Gasteiger charge is -2.06. The van der Waals surface area contributed by atoms with Crippen molar-refractivity contribution in [1.29, 1.82) is 0 Å². The van der Waals surface area contributed by atoms with E-state index in [0.29, 0.717) is 0 Å². The number of nitrogens with one attached hydrogen (secondary N) is 1. The quantitative estimate of drug-likeness (QED) is 0.594. The molecule has 0 aliphatic carbocycles. The maximum absolute atomic E-state index is 5.08. The molecule has 5 heteroatoms.